The summed E-state index contributed by atoms with van der Waals surface area (Å²) >= 11 is 0. The third-order valence-corrected chi connectivity index (χ3v) is 3.18. The molecule has 0 spiro atoms. The molecule has 0 fully saturated rings. The molecule has 1 amide bonds. The lowest BCUT2D eigenvalue weighted by Gasteiger charge is -2.03. The Morgan fingerprint density at radius 3 is 2.96 bits per heavy atom. The van der Waals surface area contributed by atoms with E-state index in [0.717, 1.165) is 10.2 Å². The fraction of sp³-hybridized carbons (Fsp3) is 0.286. The number of hydrogen-bond acceptors (Lipinski definition) is 6. The van der Waals surface area contributed by atoms with Crippen LogP contribution in [0.4, 0.5) is 5.82 Å². The summed E-state index contributed by atoms with van der Waals surface area (Å²) in [6.45, 7) is -0.0919. The van der Waals surface area contributed by atoms with Gasteiger partial charge in [0, 0.05) is 6.42 Å². The Hall–Kier alpha value is -3.10. The van der Waals surface area contributed by atoms with Gasteiger partial charge in [-0.2, -0.15) is 0 Å². The average molecular weight is 318 g/mol. The first kappa shape index (κ1) is 14.8. The summed E-state index contributed by atoms with van der Waals surface area (Å²) in [4.78, 5) is 22.4. The molecule has 9 nitrogen and oxygen atoms in total. The lowest BCUT2D eigenvalue weighted by Crippen LogP contribution is -2.12. The fourth-order valence-electron chi connectivity index (χ4n) is 2.13. The summed E-state index contributed by atoms with van der Waals surface area (Å²) in [5, 5.41) is 18.5. The van der Waals surface area contributed by atoms with E-state index in [-0.39, 0.29) is 31.5 Å². The second-order valence-electron chi connectivity index (χ2n) is 4.93. The van der Waals surface area contributed by atoms with Crippen LogP contribution in [0.1, 0.15) is 12.0 Å². The third-order valence-electron chi connectivity index (χ3n) is 3.18. The van der Waals surface area contributed by atoms with Crippen molar-refractivity contribution in [3.63, 3.8) is 0 Å². The molecule has 2 N–H and O–H groups in total. The molecule has 1 aromatic carbocycles. The lowest BCUT2D eigenvalue weighted by molar-refractivity contribution is -0.137. The highest BCUT2D eigenvalue weighted by Crippen LogP contribution is 2.32. The summed E-state index contributed by atoms with van der Waals surface area (Å²) in [6, 6.07) is 5.54. The zero-order chi connectivity index (χ0) is 16.2. The van der Waals surface area contributed by atoms with E-state index in [2.05, 4.69) is 15.6 Å². The molecule has 9 heteroatoms. The summed E-state index contributed by atoms with van der Waals surface area (Å²) in [5.74, 6) is 0.343. The van der Waals surface area contributed by atoms with E-state index in [1.807, 2.05) is 18.2 Å². The number of nitrogens with one attached hydrogen (secondary N) is 1. The number of nitrogens with zero attached hydrogens (tertiary/aromatic N) is 3. The molecule has 3 rings (SSSR count). The largest absolute Gasteiger partial charge is 0.480 e. The van der Waals surface area contributed by atoms with Crippen LogP contribution in [0.5, 0.6) is 11.5 Å². The van der Waals surface area contributed by atoms with Crippen LogP contribution in [0.15, 0.2) is 24.4 Å². The van der Waals surface area contributed by atoms with Crippen LogP contribution in [0.3, 0.4) is 0 Å². The number of aryl methyl sites for hydroxylation is 1. The molecule has 1 aliphatic rings. The normalized spacial score (nSPS) is 12.2. The van der Waals surface area contributed by atoms with E-state index in [1.54, 1.807) is 0 Å². The van der Waals surface area contributed by atoms with Crippen LogP contribution in [-0.2, 0) is 22.6 Å². The van der Waals surface area contributed by atoms with Crippen molar-refractivity contribution in [1.29, 1.82) is 0 Å². The molecule has 0 aliphatic carbocycles. The van der Waals surface area contributed by atoms with Crippen LogP contribution >= 0.6 is 0 Å². The fourth-order valence-corrected chi connectivity index (χ4v) is 2.13. The number of carbonyl (C=O) groups is 2. The van der Waals surface area contributed by atoms with Crippen molar-refractivity contribution in [2.45, 2.75) is 19.4 Å². The van der Waals surface area contributed by atoms with Gasteiger partial charge in [-0.1, -0.05) is 11.3 Å². The molecule has 0 bridgehead atoms. The number of rotatable bonds is 6. The van der Waals surface area contributed by atoms with Crippen LogP contribution in [-0.4, -0.2) is 38.8 Å². The van der Waals surface area contributed by atoms with E-state index in [1.165, 1.54) is 6.20 Å². The Balaban J connectivity index is 1.51. The number of anilines is 1. The van der Waals surface area contributed by atoms with E-state index < -0.39 is 5.97 Å². The molecule has 2 heterocycles. The van der Waals surface area contributed by atoms with Crippen LogP contribution in [0.2, 0.25) is 0 Å². The van der Waals surface area contributed by atoms with Gasteiger partial charge in [-0.25, -0.2) is 4.68 Å². The van der Waals surface area contributed by atoms with Crippen LogP contribution in [0.25, 0.3) is 0 Å². The first-order valence-electron chi connectivity index (χ1n) is 6.90. The number of hydrogen-bond donors (Lipinski definition) is 2. The standard InChI is InChI=1S/C14H14N4O5/c19-13(15-12-6-18(17-16-12)7-14(20)21)4-2-9-1-3-10-11(5-9)23-8-22-10/h1,3,5-6H,2,4,7-8H2,(H,15,19)(H,20,21). The molecule has 1 aliphatic heterocycles. The van der Waals surface area contributed by atoms with E-state index in [9.17, 15) is 9.59 Å². The number of amides is 1. The minimum atomic E-state index is -1.03. The molecule has 0 atom stereocenters. The lowest BCUT2D eigenvalue weighted by atomic mass is 10.1. The molecule has 2 aromatic rings. The Kier molecular flexibility index (Phi) is 4.09. The van der Waals surface area contributed by atoms with Crippen molar-refractivity contribution in [2.24, 2.45) is 0 Å². The molecule has 23 heavy (non-hydrogen) atoms. The van der Waals surface area contributed by atoms with Gasteiger partial charge in [0.05, 0.1) is 6.20 Å². The molecule has 120 valence electrons. The number of aromatic nitrogens is 3. The Labute approximate surface area is 130 Å². The van der Waals surface area contributed by atoms with Gasteiger partial charge in [0.15, 0.2) is 17.3 Å². The third kappa shape index (κ3) is 3.76. The zero-order valence-corrected chi connectivity index (χ0v) is 12.1. The Bertz CT molecular complexity index is 743. The summed E-state index contributed by atoms with van der Waals surface area (Å²) in [5.41, 5.74) is 0.957. The summed E-state index contributed by atoms with van der Waals surface area (Å²) < 4.78 is 11.6. The van der Waals surface area contributed by atoms with Gasteiger partial charge in [0.1, 0.15) is 6.54 Å². The monoisotopic (exact) mass is 318 g/mol. The summed E-state index contributed by atoms with van der Waals surface area (Å²) in [7, 11) is 0. The van der Waals surface area contributed by atoms with Crippen molar-refractivity contribution in [3.8, 4) is 11.5 Å². The van der Waals surface area contributed by atoms with Gasteiger partial charge in [-0.15, -0.1) is 5.10 Å². The van der Waals surface area contributed by atoms with Gasteiger partial charge in [0.2, 0.25) is 12.7 Å². The molecular weight excluding hydrogens is 304 g/mol. The first-order chi connectivity index (χ1) is 11.1. The first-order valence-corrected chi connectivity index (χ1v) is 6.90. The second kappa shape index (κ2) is 6.34. The van der Waals surface area contributed by atoms with E-state index in [4.69, 9.17) is 14.6 Å². The molecule has 1 aromatic heterocycles. The van der Waals surface area contributed by atoms with E-state index in [0.29, 0.717) is 17.9 Å². The topological polar surface area (TPSA) is 116 Å². The van der Waals surface area contributed by atoms with Gasteiger partial charge >= 0.3 is 5.97 Å². The molecule has 0 unspecified atom stereocenters. The highest BCUT2D eigenvalue weighted by molar-refractivity contribution is 5.89. The number of benzene rings is 1. The SMILES string of the molecule is O=C(O)Cn1cc(NC(=O)CCc2ccc3c(c2)OCO3)nn1. The molecule has 0 saturated carbocycles. The van der Waals surface area contributed by atoms with E-state index >= 15 is 0 Å². The number of carbonyl (C=O) groups excluding carboxylic acids is 1. The number of fused-ring (bicyclic) bond motifs is 1. The smallest absolute Gasteiger partial charge is 0.325 e. The maximum Gasteiger partial charge on any atom is 0.325 e. The van der Waals surface area contributed by atoms with Crippen LogP contribution < -0.4 is 14.8 Å². The van der Waals surface area contributed by atoms with Gasteiger partial charge in [-0.3, -0.25) is 9.59 Å². The minimum absolute atomic E-state index is 0.214. The van der Waals surface area contributed by atoms with Gasteiger partial charge < -0.3 is 19.9 Å². The van der Waals surface area contributed by atoms with Gasteiger partial charge in [-0.05, 0) is 24.1 Å². The minimum Gasteiger partial charge on any atom is -0.480 e. The highest BCUT2D eigenvalue weighted by Gasteiger charge is 2.14. The quantitative estimate of drug-likeness (QED) is 0.804. The van der Waals surface area contributed by atoms with Crippen molar-refractivity contribution in [2.75, 3.05) is 12.1 Å². The van der Waals surface area contributed by atoms with Crippen molar-refractivity contribution < 1.29 is 24.2 Å². The average Bonchev–Trinajstić information content (AvgIpc) is 3.13. The molecule has 0 saturated heterocycles. The summed E-state index contributed by atoms with van der Waals surface area (Å²) in [6.07, 6.45) is 2.16. The van der Waals surface area contributed by atoms with Gasteiger partial charge in [0.25, 0.3) is 0 Å². The Morgan fingerprint density at radius 1 is 1.30 bits per heavy atom. The molecule has 0 radical (unpaired) electrons. The highest BCUT2D eigenvalue weighted by atomic mass is 16.7. The number of carboxylic acids is 1. The molecular formula is C14H14N4O5. The predicted octanol–water partition coefficient (Wildman–Crippen LogP) is 0.663. The van der Waals surface area contributed by atoms with Crippen molar-refractivity contribution in [1.82, 2.24) is 15.0 Å². The number of ether oxygens (including phenoxy) is 2. The zero-order valence-electron chi connectivity index (χ0n) is 12.1. The Morgan fingerprint density at radius 2 is 2.13 bits per heavy atom. The van der Waals surface area contributed by atoms with Crippen molar-refractivity contribution >= 4 is 17.7 Å². The maximum atomic E-state index is 11.9. The van der Waals surface area contributed by atoms with Crippen LogP contribution in [0, 0.1) is 0 Å². The number of aliphatic carboxylic acids is 1. The second-order valence-corrected chi connectivity index (χ2v) is 4.93. The van der Waals surface area contributed by atoms with Crippen molar-refractivity contribution in [3.05, 3.63) is 30.0 Å². The number of carboxylic acid groups (broad SMARTS) is 1. The maximum absolute atomic E-state index is 11.9. The predicted molar refractivity (Wildman–Crippen MR) is 77.2 cm³/mol.